The normalized spacial score (nSPS) is 11.2. The van der Waals surface area contributed by atoms with E-state index in [2.05, 4.69) is 4.98 Å². The summed E-state index contributed by atoms with van der Waals surface area (Å²) in [4.78, 5) is 16.4. The third kappa shape index (κ3) is 6.16. The fourth-order valence-corrected chi connectivity index (χ4v) is 1.92. The molecular weight excluding hydrogens is 236 g/mol. The van der Waals surface area contributed by atoms with Crippen LogP contribution in [0.4, 0.5) is 5.82 Å². The third-order valence-corrected chi connectivity index (χ3v) is 2.74. The van der Waals surface area contributed by atoms with Crippen molar-refractivity contribution in [1.29, 1.82) is 0 Å². The number of hydrogen-bond donors (Lipinski definition) is 1. The lowest BCUT2D eigenvalue weighted by molar-refractivity contribution is -0.154. The van der Waals surface area contributed by atoms with Crippen molar-refractivity contribution in [1.82, 2.24) is 4.98 Å². The number of pyridine rings is 1. The summed E-state index contributed by atoms with van der Waals surface area (Å²) >= 11 is 1.56. The van der Waals surface area contributed by atoms with E-state index in [0.717, 1.165) is 4.90 Å². The number of anilines is 1. The zero-order chi connectivity index (χ0) is 12.9. The highest BCUT2D eigenvalue weighted by Crippen LogP contribution is 2.19. The summed E-state index contributed by atoms with van der Waals surface area (Å²) in [6, 6.07) is 3.64. The van der Waals surface area contributed by atoms with Gasteiger partial charge in [-0.1, -0.05) is 0 Å². The summed E-state index contributed by atoms with van der Waals surface area (Å²) in [5, 5.41) is 0. The van der Waals surface area contributed by atoms with E-state index in [1.165, 1.54) is 0 Å². The fourth-order valence-electron chi connectivity index (χ4n) is 1.12. The average Bonchev–Trinajstić information content (AvgIpc) is 2.18. The fraction of sp³-hybridized carbons (Fsp3) is 0.500. The maximum atomic E-state index is 11.4. The molecule has 0 saturated carbocycles. The molecule has 0 radical (unpaired) electrons. The van der Waals surface area contributed by atoms with Crippen molar-refractivity contribution in [3.63, 3.8) is 0 Å². The number of aromatic nitrogens is 1. The second kappa shape index (κ2) is 5.91. The van der Waals surface area contributed by atoms with E-state index in [0.29, 0.717) is 18.0 Å². The van der Waals surface area contributed by atoms with Gasteiger partial charge < -0.3 is 10.5 Å². The molecule has 0 aromatic carbocycles. The molecule has 0 spiro atoms. The molecule has 0 bridgehead atoms. The molecule has 17 heavy (non-hydrogen) atoms. The number of hydrogen-bond acceptors (Lipinski definition) is 5. The standard InChI is InChI=1S/C12H18N2O2S/c1-12(2,3)16-11(15)6-7-17-9-4-5-10(13)14-8-9/h4-5,8H,6-7H2,1-3H3,(H2,13,14). The van der Waals surface area contributed by atoms with Gasteiger partial charge in [0.15, 0.2) is 0 Å². The molecule has 1 heterocycles. The molecule has 2 N–H and O–H groups in total. The summed E-state index contributed by atoms with van der Waals surface area (Å²) < 4.78 is 5.21. The largest absolute Gasteiger partial charge is 0.460 e. The van der Waals surface area contributed by atoms with Crippen molar-refractivity contribution < 1.29 is 9.53 Å². The van der Waals surface area contributed by atoms with E-state index in [-0.39, 0.29) is 5.97 Å². The van der Waals surface area contributed by atoms with Crippen molar-refractivity contribution in [2.45, 2.75) is 37.7 Å². The van der Waals surface area contributed by atoms with Gasteiger partial charge in [-0.2, -0.15) is 0 Å². The molecule has 94 valence electrons. The Kier molecular flexibility index (Phi) is 4.81. The van der Waals surface area contributed by atoms with Crippen molar-refractivity contribution in [2.75, 3.05) is 11.5 Å². The maximum Gasteiger partial charge on any atom is 0.307 e. The number of nitrogen functional groups attached to an aromatic ring is 1. The second-order valence-electron chi connectivity index (χ2n) is 4.60. The Morgan fingerprint density at radius 1 is 1.47 bits per heavy atom. The number of rotatable bonds is 4. The lowest BCUT2D eigenvalue weighted by Crippen LogP contribution is -2.23. The van der Waals surface area contributed by atoms with Crippen molar-refractivity contribution >= 4 is 23.5 Å². The van der Waals surface area contributed by atoms with E-state index in [1.54, 1.807) is 24.0 Å². The highest BCUT2D eigenvalue weighted by Gasteiger charge is 2.15. The van der Waals surface area contributed by atoms with Gasteiger partial charge in [-0.3, -0.25) is 4.79 Å². The van der Waals surface area contributed by atoms with Gasteiger partial charge in [-0.05, 0) is 32.9 Å². The van der Waals surface area contributed by atoms with Crippen LogP contribution in [0.15, 0.2) is 23.2 Å². The van der Waals surface area contributed by atoms with Crippen LogP contribution in [0.3, 0.4) is 0 Å². The number of ether oxygens (including phenoxy) is 1. The molecule has 1 aromatic heterocycles. The summed E-state index contributed by atoms with van der Waals surface area (Å²) in [7, 11) is 0. The number of esters is 1. The minimum absolute atomic E-state index is 0.173. The first kappa shape index (κ1) is 13.8. The minimum atomic E-state index is -0.412. The second-order valence-corrected chi connectivity index (χ2v) is 5.77. The first-order valence-electron chi connectivity index (χ1n) is 5.43. The average molecular weight is 254 g/mol. The Morgan fingerprint density at radius 2 is 2.18 bits per heavy atom. The summed E-state index contributed by atoms with van der Waals surface area (Å²) in [5.41, 5.74) is 5.07. The smallest absolute Gasteiger partial charge is 0.307 e. The van der Waals surface area contributed by atoms with Crippen molar-refractivity contribution in [2.24, 2.45) is 0 Å². The highest BCUT2D eigenvalue weighted by atomic mass is 32.2. The summed E-state index contributed by atoms with van der Waals surface area (Å²) in [6.45, 7) is 5.59. The number of thioether (sulfide) groups is 1. The summed E-state index contributed by atoms with van der Waals surface area (Å²) in [6.07, 6.45) is 2.10. The van der Waals surface area contributed by atoms with Crippen molar-refractivity contribution in [3.05, 3.63) is 18.3 Å². The zero-order valence-electron chi connectivity index (χ0n) is 10.4. The van der Waals surface area contributed by atoms with Crippen LogP contribution in [-0.4, -0.2) is 22.3 Å². The van der Waals surface area contributed by atoms with E-state index in [9.17, 15) is 4.79 Å². The van der Waals surface area contributed by atoms with Crippen LogP contribution in [0.2, 0.25) is 0 Å². The van der Waals surface area contributed by atoms with Crippen LogP contribution >= 0.6 is 11.8 Å². The van der Waals surface area contributed by atoms with Gasteiger partial charge in [0.2, 0.25) is 0 Å². The monoisotopic (exact) mass is 254 g/mol. The van der Waals surface area contributed by atoms with Gasteiger partial charge in [0.25, 0.3) is 0 Å². The van der Waals surface area contributed by atoms with Crippen LogP contribution < -0.4 is 5.73 Å². The Morgan fingerprint density at radius 3 is 2.71 bits per heavy atom. The van der Waals surface area contributed by atoms with Crippen molar-refractivity contribution in [3.8, 4) is 0 Å². The van der Waals surface area contributed by atoms with E-state index in [4.69, 9.17) is 10.5 Å². The molecule has 0 saturated heterocycles. The third-order valence-electron chi connectivity index (χ3n) is 1.75. The molecule has 5 heteroatoms. The van der Waals surface area contributed by atoms with Crippen LogP contribution in [0.25, 0.3) is 0 Å². The van der Waals surface area contributed by atoms with Gasteiger partial charge in [-0.15, -0.1) is 11.8 Å². The number of nitrogens with two attached hydrogens (primary N) is 1. The Balaban J connectivity index is 2.28. The zero-order valence-corrected chi connectivity index (χ0v) is 11.2. The lowest BCUT2D eigenvalue weighted by atomic mass is 10.2. The topological polar surface area (TPSA) is 65.2 Å². The van der Waals surface area contributed by atoms with Gasteiger partial charge in [0.1, 0.15) is 11.4 Å². The first-order valence-corrected chi connectivity index (χ1v) is 6.41. The number of carbonyl (C=O) groups is 1. The van der Waals surface area contributed by atoms with Gasteiger partial charge in [0, 0.05) is 16.8 Å². The van der Waals surface area contributed by atoms with E-state index >= 15 is 0 Å². The quantitative estimate of drug-likeness (QED) is 0.660. The molecule has 0 fully saturated rings. The van der Waals surface area contributed by atoms with Gasteiger partial charge in [-0.25, -0.2) is 4.98 Å². The number of carbonyl (C=O) groups excluding carboxylic acids is 1. The predicted molar refractivity (Wildman–Crippen MR) is 69.8 cm³/mol. The van der Waals surface area contributed by atoms with Crippen LogP contribution in [0.1, 0.15) is 27.2 Å². The van der Waals surface area contributed by atoms with E-state index < -0.39 is 5.60 Å². The Labute approximate surface area is 106 Å². The van der Waals surface area contributed by atoms with Gasteiger partial charge in [0.05, 0.1) is 6.42 Å². The van der Waals surface area contributed by atoms with E-state index in [1.807, 2.05) is 26.8 Å². The number of nitrogens with zero attached hydrogens (tertiary/aromatic N) is 1. The highest BCUT2D eigenvalue weighted by molar-refractivity contribution is 7.99. The van der Waals surface area contributed by atoms with Crippen LogP contribution in [0.5, 0.6) is 0 Å². The maximum absolute atomic E-state index is 11.4. The molecule has 4 nitrogen and oxygen atoms in total. The summed E-state index contributed by atoms with van der Waals surface area (Å²) in [5.74, 6) is 1.01. The predicted octanol–water partition coefficient (Wildman–Crippen LogP) is 2.49. The molecule has 0 aliphatic carbocycles. The lowest BCUT2D eigenvalue weighted by Gasteiger charge is -2.19. The molecule has 1 aromatic rings. The molecular formula is C12H18N2O2S. The Hall–Kier alpha value is -1.23. The molecule has 1 rings (SSSR count). The first-order chi connectivity index (χ1) is 7.87. The van der Waals surface area contributed by atoms with Crippen LogP contribution in [0, 0.1) is 0 Å². The van der Waals surface area contributed by atoms with Gasteiger partial charge >= 0.3 is 5.97 Å². The molecule has 0 unspecified atom stereocenters. The Bertz CT molecular complexity index is 371. The molecule has 0 aliphatic rings. The molecule has 0 amide bonds. The molecule has 0 aliphatic heterocycles. The minimum Gasteiger partial charge on any atom is -0.460 e. The molecule has 0 atom stereocenters. The van der Waals surface area contributed by atoms with Crippen LogP contribution in [-0.2, 0) is 9.53 Å². The SMILES string of the molecule is CC(C)(C)OC(=O)CCSc1ccc(N)nc1.